The van der Waals surface area contributed by atoms with Gasteiger partial charge >= 0.3 is 0 Å². The minimum absolute atomic E-state index is 0.173. The first-order chi connectivity index (χ1) is 8.16. The molecule has 0 radical (unpaired) electrons. The number of anilines is 1. The topological polar surface area (TPSA) is 81.2 Å². The van der Waals surface area contributed by atoms with Gasteiger partial charge in [-0.25, -0.2) is 4.39 Å². The van der Waals surface area contributed by atoms with E-state index in [9.17, 15) is 14.5 Å². The predicted molar refractivity (Wildman–Crippen MR) is 56.9 cm³/mol. The summed E-state index contributed by atoms with van der Waals surface area (Å²) in [6.45, 7) is 0.259. The number of benzene rings is 1. The summed E-state index contributed by atoms with van der Waals surface area (Å²) in [5.74, 6) is -0.138. The lowest BCUT2D eigenvalue weighted by atomic mass is 10.2. The Morgan fingerprint density at radius 3 is 2.88 bits per heavy atom. The molecule has 0 aliphatic heterocycles. The van der Waals surface area contributed by atoms with Crippen LogP contribution in [0.1, 0.15) is 5.76 Å². The normalized spacial score (nSPS) is 10.2. The Morgan fingerprint density at radius 1 is 1.47 bits per heavy atom. The van der Waals surface area contributed by atoms with Crippen molar-refractivity contribution in [3.05, 3.63) is 52.2 Å². The molecule has 1 N–H and O–H groups in total. The lowest BCUT2D eigenvalue weighted by Gasteiger charge is -2.04. The van der Waals surface area contributed by atoms with Gasteiger partial charge in [-0.15, -0.1) is 0 Å². The summed E-state index contributed by atoms with van der Waals surface area (Å²) >= 11 is 0. The van der Waals surface area contributed by atoms with Crippen molar-refractivity contribution in [2.45, 2.75) is 6.54 Å². The second-order valence-electron chi connectivity index (χ2n) is 3.25. The maximum atomic E-state index is 13.4. The number of non-ortho nitro benzene ring substituents is 1. The molecule has 88 valence electrons. The van der Waals surface area contributed by atoms with Crippen molar-refractivity contribution < 1.29 is 13.8 Å². The van der Waals surface area contributed by atoms with Crippen LogP contribution in [0.3, 0.4) is 0 Å². The summed E-state index contributed by atoms with van der Waals surface area (Å²) in [7, 11) is 0. The van der Waals surface area contributed by atoms with Crippen molar-refractivity contribution >= 4 is 11.4 Å². The quantitative estimate of drug-likeness (QED) is 0.651. The van der Waals surface area contributed by atoms with Gasteiger partial charge in [0.25, 0.3) is 5.69 Å². The van der Waals surface area contributed by atoms with Crippen LogP contribution in [0.2, 0.25) is 0 Å². The lowest BCUT2D eigenvalue weighted by molar-refractivity contribution is -0.385. The average molecular weight is 237 g/mol. The van der Waals surface area contributed by atoms with Crippen LogP contribution < -0.4 is 5.32 Å². The molecule has 0 spiro atoms. The Hall–Kier alpha value is -2.44. The summed E-state index contributed by atoms with van der Waals surface area (Å²) in [6.07, 6.45) is 1.48. The van der Waals surface area contributed by atoms with E-state index in [1.807, 2.05) is 0 Å². The predicted octanol–water partition coefficient (Wildman–Crippen LogP) is 2.33. The lowest BCUT2D eigenvalue weighted by Crippen LogP contribution is -2.01. The number of aromatic nitrogens is 1. The molecule has 0 atom stereocenters. The average Bonchev–Trinajstić information content (AvgIpc) is 2.80. The second-order valence-corrected chi connectivity index (χ2v) is 3.25. The van der Waals surface area contributed by atoms with Crippen LogP contribution in [0.25, 0.3) is 0 Å². The van der Waals surface area contributed by atoms with Gasteiger partial charge < -0.3 is 9.84 Å². The fraction of sp³-hybridized carbons (Fsp3) is 0.100. The number of nitrogens with one attached hydrogen (secondary N) is 1. The van der Waals surface area contributed by atoms with Gasteiger partial charge in [0.1, 0.15) is 0 Å². The zero-order chi connectivity index (χ0) is 12.3. The molecule has 0 amide bonds. The molecule has 17 heavy (non-hydrogen) atoms. The number of nitro groups is 1. The van der Waals surface area contributed by atoms with Crippen LogP contribution in [-0.4, -0.2) is 10.1 Å². The van der Waals surface area contributed by atoms with Crippen molar-refractivity contribution in [1.82, 2.24) is 5.16 Å². The van der Waals surface area contributed by atoms with Crippen molar-refractivity contribution in [3.8, 4) is 0 Å². The first-order valence-electron chi connectivity index (χ1n) is 4.74. The molecule has 0 unspecified atom stereocenters. The number of nitrogens with zero attached hydrogens (tertiary/aromatic N) is 2. The van der Waals surface area contributed by atoms with Crippen LogP contribution in [0.15, 0.2) is 35.0 Å². The van der Waals surface area contributed by atoms with Gasteiger partial charge in [-0.3, -0.25) is 10.1 Å². The number of nitro benzene ring substituents is 1. The third kappa shape index (κ3) is 2.57. The van der Waals surface area contributed by atoms with Crippen LogP contribution in [0, 0.1) is 15.9 Å². The van der Waals surface area contributed by atoms with E-state index in [0.717, 1.165) is 6.07 Å². The Bertz CT molecular complexity index is 528. The molecule has 1 aromatic carbocycles. The van der Waals surface area contributed by atoms with E-state index in [2.05, 4.69) is 10.5 Å². The summed E-state index contributed by atoms with van der Waals surface area (Å²) in [4.78, 5) is 9.75. The molecule has 7 heteroatoms. The van der Waals surface area contributed by atoms with Gasteiger partial charge in [-0.2, -0.15) is 0 Å². The van der Waals surface area contributed by atoms with Crippen molar-refractivity contribution in [2.24, 2.45) is 0 Å². The van der Waals surface area contributed by atoms with E-state index in [0.29, 0.717) is 5.76 Å². The van der Waals surface area contributed by atoms with Gasteiger partial charge in [0.05, 0.1) is 29.4 Å². The minimum Gasteiger partial charge on any atom is -0.375 e. The molecule has 0 saturated carbocycles. The summed E-state index contributed by atoms with van der Waals surface area (Å²) in [5, 5.41) is 16.7. The summed E-state index contributed by atoms with van der Waals surface area (Å²) in [5.41, 5.74) is -0.111. The molecule has 1 heterocycles. The molecule has 0 saturated heterocycles. The van der Waals surface area contributed by atoms with Crippen molar-refractivity contribution in [1.29, 1.82) is 0 Å². The molecule has 6 nitrogen and oxygen atoms in total. The minimum atomic E-state index is -0.682. The first kappa shape index (κ1) is 11.1. The first-order valence-corrected chi connectivity index (χ1v) is 4.74. The van der Waals surface area contributed by atoms with E-state index >= 15 is 0 Å². The van der Waals surface area contributed by atoms with Crippen LogP contribution in [0.4, 0.5) is 15.8 Å². The molecule has 1 aromatic heterocycles. The van der Waals surface area contributed by atoms with Gasteiger partial charge in [0.15, 0.2) is 11.6 Å². The van der Waals surface area contributed by atoms with E-state index in [-0.39, 0.29) is 17.9 Å². The van der Waals surface area contributed by atoms with E-state index < -0.39 is 10.7 Å². The highest BCUT2D eigenvalue weighted by atomic mass is 19.1. The van der Waals surface area contributed by atoms with Crippen LogP contribution >= 0.6 is 0 Å². The number of rotatable bonds is 4. The van der Waals surface area contributed by atoms with E-state index in [4.69, 9.17) is 4.52 Å². The number of halogens is 1. The zero-order valence-electron chi connectivity index (χ0n) is 8.59. The molecule has 0 fully saturated rings. The summed E-state index contributed by atoms with van der Waals surface area (Å²) < 4.78 is 18.2. The molecule has 0 aliphatic carbocycles. The van der Waals surface area contributed by atoms with Crippen molar-refractivity contribution in [3.63, 3.8) is 0 Å². The molecule has 0 aliphatic rings. The number of hydrogen-bond donors (Lipinski definition) is 1. The maximum absolute atomic E-state index is 13.4. The van der Waals surface area contributed by atoms with Gasteiger partial charge in [0, 0.05) is 12.1 Å². The Balaban J connectivity index is 2.09. The van der Waals surface area contributed by atoms with Crippen LogP contribution in [0.5, 0.6) is 0 Å². The fourth-order valence-corrected chi connectivity index (χ4v) is 1.28. The molecule has 0 bridgehead atoms. The molecular weight excluding hydrogens is 229 g/mol. The highest BCUT2D eigenvalue weighted by Gasteiger charge is 2.10. The molecular formula is C10H8FN3O3. The van der Waals surface area contributed by atoms with Crippen molar-refractivity contribution in [2.75, 3.05) is 5.32 Å². The highest BCUT2D eigenvalue weighted by molar-refractivity contribution is 5.50. The summed E-state index contributed by atoms with van der Waals surface area (Å²) in [6, 6.07) is 5.04. The van der Waals surface area contributed by atoms with Gasteiger partial charge in [0.2, 0.25) is 0 Å². The van der Waals surface area contributed by atoms with Crippen LogP contribution in [-0.2, 0) is 6.54 Å². The second kappa shape index (κ2) is 4.60. The van der Waals surface area contributed by atoms with E-state index in [1.165, 1.54) is 18.3 Å². The Morgan fingerprint density at radius 2 is 2.29 bits per heavy atom. The van der Waals surface area contributed by atoms with Gasteiger partial charge in [-0.05, 0) is 6.07 Å². The van der Waals surface area contributed by atoms with Gasteiger partial charge in [-0.1, -0.05) is 5.16 Å². The third-order valence-electron chi connectivity index (χ3n) is 2.11. The molecule has 2 aromatic rings. The standard InChI is InChI=1S/C10H8FN3O3/c11-9-5-7(14(15)16)1-2-10(9)12-6-8-3-4-13-17-8/h1-5,12H,6H2. The maximum Gasteiger partial charge on any atom is 0.272 e. The highest BCUT2D eigenvalue weighted by Crippen LogP contribution is 2.20. The van der Waals surface area contributed by atoms with E-state index in [1.54, 1.807) is 6.07 Å². The molecule has 2 rings (SSSR count). The Labute approximate surface area is 95.2 Å². The SMILES string of the molecule is O=[N+]([O-])c1ccc(NCc2ccno2)c(F)c1. The third-order valence-corrected chi connectivity index (χ3v) is 2.11. The smallest absolute Gasteiger partial charge is 0.272 e. The monoisotopic (exact) mass is 237 g/mol. The largest absolute Gasteiger partial charge is 0.375 e. The fourth-order valence-electron chi connectivity index (χ4n) is 1.28. The zero-order valence-corrected chi connectivity index (χ0v) is 8.59. The number of hydrogen-bond acceptors (Lipinski definition) is 5. The Kier molecular flexibility index (Phi) is 2.99.